The van der Waals surface area contributed by atoms with Crippen molar-refractivity contribution in [3.63, 3.8) is 0 Å². The van der Waals surface area contributed by atoms with Crippen LogP contribution in [0.15, 0.2) is 9.52 Å². The Labute approximate surface area is 142 Å². The molecule has 3 aliphatic rings. The third-order valence-corrected chi connectivity index (χ3v) is 5.12. The van der Waals surface area contributed by atoms with Crippen molar-refractivity contribution < 1.29 is 9.26 Å². The van der Waals surface area contributed by atoms with Crippen LogP contribution >= 0.6 is 0 Å². The number of hydrogen-bond acceptors (Lipinski definition) is 5. The SMILES string of the molecule is C[C@@H]1C[C@@H]1NC(=NCc1nc(C2CC2)no1)N[C@@H](C)[C@H]1CCCO1. The van der Waals surface area contributed by atoms with Crippen LogP contribution in [0.5, 0.6) is 0 Å². The summed E-state index contributed by atoms with van der Waals surface area (Å²) in [5.74, 6) is 3.46. The summed E-state index contributed by atoms with van der Waals surface area (Å²) in [6.07, 6.45) is 6.06. The molecule has 132 valence electrons. The molecular formula is C17H27N5O2. The normalized spacial score (nSPS) is 31.1. The molecule has 24 heavy (non-hydrogen) atoms. The fourth-order valence-corrected chi connectivity index (χ4v) is 3.12. The first kappa shape index (κ1) is 15.9. The van der Waals surface area contributed by atoms with Gasteiger partial charge in [0, 0.05) is 18.6 Å². The van der Waals surface area contributed by atoms with Crippen molar-refractivity contribution in [1.82, 2.24) is 20.8 Å². The summed E-state index contributed by atoms with van der Waals surface area (Å²) in [5.41, 5.74) is 0. The molecule has 0 radical (unpaired) electrons. The Morgan fingerprint density at radius 3 is 2.88 bits per heavy atom. The smallest absolute Gasteiger partial charge is 0.248 e. The van der Waals surface area contributed by atoms with E-state index in [1.54, 1.807) is 0 Å². The molecule has 1 aromatic rings. The summed E-state index contributed by atoms with van der Waals surface area (Å²) in [6.45, 7) is 5.68. The molecule has 4 atom stereocenters. The monoisotopic (exact) mass is 333 g/mol. The van der Waals surface area contributed by atoms with Crippen LogP contribution in [0.3, 0.4) is 0 Å². The number of hydrogen-bond donors (Lipinski definition) is 2. The van der Waals surface area contributed by atoms with E-state index < -0.39 is 0 Å². The van der Waals surface area contributed by atoms with Crippen molar-refractivity contribution in [3.05, 3.63) is 11.7 Å². The Bertz CT molecular complexity index is 592. The van der Waals surface area contributed by atoms with Crippen LogP contribution in [-0.4, -0.2) is 40.9 Å². The lowest BCUT2D eigenvalue weighted by molar-refractivity contribution is 0.0890. The largest absolute Gasteiger partial charge is 0.376 e. The highest BCUT2D eigenvalue weighted by molar-refractivity contribution is 5.80. The zero-order chi connectivity index (χ0) is 16.5. The standard InChI is InChI=1S/C17H27N5O2/c1-10-8-13(10)20-17(19-11(2)14-4-3-7-23-14)18-9-15-21-16(22-24-15)12-5-6-12/h10-14H,3-9H2,1-2H3,(H2,18,19,20)/t10-,11+,13+,14-/m1/s1. The molecule has 1 aliphatic heterocycles. The number of aromatic nitrogens is 2. The van der Waals surface area contributed by atoms with E-state index in [4.69, 9.17) is 9.26 Å². The molecule has 2 N–H and O–H groups in total. The van der Waals surface area contributed by atoms with E-state index in [9.17, 15) is 0 Å². The summed E-state index contributed by atoms with van der Waals surface area (Å²) >= 11 is 0. The summed E-state index contributed by atoms with van der Waals surface area (Å²) < 4.78 is 11.1. The molecule has 1 saturated heterocycles. The Morgan fingerprint density at radius 1 is 1.38 bits per heavy atom. The molecule has 0 amide bonds. The van der Waals surface area contributed by atoms with Gasteiger partial charge in [0.05, 0.1) is 12.1 Å². The number of ether oxygens (including phenoxy) is 1. The number of nitrogens with one attached hydrogen (secondary N) is 2. The molecule has 0 aromatic carbocycles. The molecule has 7 heteroatoms. The highest BCUT2D eigenvalue weighted by Crippen LogP contribution is 2.38. The van der Waals surface area contributed by atoms with E-state index in [1.165, 1.54) is 19.3 Å². The first-order chi connectivity index (χ1) is 11.7. The molecular weight excluding hydrogens is 306 g/mol. The topological polar surface area (TPSA) is 84.6 Å². The van der Waals surface area contributed by atoms with Crippen molar-refractivity contribution in [1.29, 1.82) is 0 Å². The maximum Gasteiger partial charge on any atom is 0.248 e. The lowest BCUT2D eigenvalue weighted by Crippen LogP contribution is -2.48. The zero-order valence-corrected chi connectivity index (χ0v) is 14.5. The molecule has 0 bridgehead atoms. The van der Waals surface area contributed by atoms with Gasteiger partial charge in [-0.1, -0.05) is 12.1 Å². The quantitative estimate of drug-likeness (QED) is 0.611. The minimum atomic E-state index is 0.234. The number of guanidine groups is 1. The van der Waals surface area contributed by atoms with Crippen molar-refractivity contribution >= 4 is 5.96 Å². The molecule has 2 saturated carbocycles. The van der Waals surface area contributed by atoms with Gasteiger partial charge in [-0.15, -0.1) is 0 Å². The molecule has 7 nitrogen and oxygen atoms in total. The van der Waals surface area contributed by atoms with Crippen LogP contribution in [0.2, 0.25) is 0 Å². The van der Waals surface area contributed by atoms with Gasteiger partial charge in [-0.05, 0) is 44.9 Å². The van der Waals surface area contributed by atoms with Gasteiger partial charge in [0.2, 0.25) is 5.89 Å². The van der Waals surface area contributed by atoms with Crippen LogP contribution in [0.4, 0.5) is 0 Å². The van der Waals surface area contributed by atoms with Crippen molar-refractivity contribution in [3.8, 4) is 0 Å². The maximum absolute atomic E-state index is 5.77. The summed E-state index contributed by atoms with van der Waals surface area (Å²) in [6, 6.07) is 0.746. The molecule has 2 aliphatic carbocycles. The molecule has 1 aromatic heterocycles. The zero-order valence-electron chi connectivity index (χ0n) is 14.5. The van der Waals surface area contributed by atoms with Crippen molar-refractivity contribution in [2.24, 2.45) is 10.9 Å². The third kappa shape index (κ3) is 3.88. The molecule has 2 heterocycles. The fourth-order valence-electron chi connectivity index (χ4n) is 3.12. The van der Waals surface area contributed by atoms with Crippen molar-refractivity contribution in [2.45, 2.75) is 76.6 Å². The van der Waals surface area contributed by atoms with Gasteiger partial charge < -0.3 is 19.9 Å². The van der Waals surface area contributed by atoms with E-state index in [0.29, 0.717) is 30.3 Å². The Morgan fingerprint density at radius 2 is 2.21 bits per heavy atom. The lowest BCUT2D eigenvalue weighted by atomic mass is 10.1. The molecule has 3 fully saturated rings. The number of nitrogens with zero attached hydrogens (tertiary/aromatic N) is 3. The molecule has 0 unspecified atom stereocenters. The van der Waals surface area contributed by atoms with Gasteiger partial charge in [-0.3, -0.25) is 0 Å². The Hall–Kier alpha value is -1.63. The van der Waals surface area contributed by atoms with Gasteiger partial charge >= 0.3 is 0 Å². The average Bonchev–Trinajstić information content (AvgIpc) is 3.40. The van der Waals surface area contributed by atoms with E-state index in [-0.39, 0.29) is 12.1 Å². The van der Waals surface area contributed by atoms with Gasteiger partial charge in [0.15, 0.2) is 11.8 Å². The van der Waals surface area contributed by atoms with Crippen LogP contribution in [0.25, 0.3) is 0 Å². The fraction of sp³-hybridized carbons (Fsp3) is 0.824. The van der Waals surface area contributed by atoms with Gasteiger partial charge in [-0.2, -0.15) is 4.98 Å². The highest BCUT2D eigenvalue weighted by atomic mass is 16.5. The van der Waals surface area contributed by atoms with Crippen LogP contribution in [-0.2, 0) is 11.3 Å². The third-order valence-electron chi connectivity index (χ3n) is 5.12. The molecule has 0 spiro atoms. The highest BCUT2D eigenvalue weighted by Gasteiger charge is 2.34. The second-order valence-electron chi connectivity index (χ2n) is 7.43. The second kappa shape index (κ2) is 6.70. The van der Waals surface area contributed by atoms with Crippen LogP contribution < -0.4 is 10.6 Å². The van der Waals surface area contributed by atoms with E-state index in [1.807, 2.05) is 0 Å². The predicted molar refractivity (Wildman–Crippen MR) is 89.7 cm³/mol. The van der Waals surface area contributed by atoms with Crippen LogP contribution in [0.1, 0.15) is 63.6 Å². The summed E-state index contributed by atoms with van der Waals surface area (Å²) in [5, 5.41) is 11.0. The Kier molecular flexibility index (Phi) is 4.43. The maximum atomic E-state index is 5.77. The average molecular weight is 333 g/mol. The Balaban J connectivity index is 1.37. The predicted octanol–water partition coefficient (Wildman–Crippen LogP) is 1.96. The van der Waals surface area contributed by atoms with Gasteiger partial charge in [-0.25, -0.2) is 4.99 Å². The van der Waals surface area contributed by atoms with Gasteiger partial charge in [0.1, 0.15) is 6.54 Å². The number of rotatable bonds is 6. The molecule has 4 rings (SSSR count). The minimum Gasteiger partial charge on any atom is -0.376 e. The lowest BCUT2D eigenvalue weighted by Gasteiger charge is -2.22. The first-order valence-corrected chi connectivity index (χ1v) is 9.20. The minimum absolute atomic E-state index is 0.234. The summed E-state index contributed by atoms with van der Waals surface area (Å²) in [7, 11) is 0. The van der Waals surface area contributed by atoms with Crippen molar-refractivity contribution in [2.75, 3.05) is 6.61 Å². The first-order valence-electron chi connectivity index (χ1n) is 9.20. The van der Waals surface area contributed by atoms with Gasteiger partial charge in [0.25, 0.3) is 0 Å². The van der Waals surface area contributed by atoms with E-state index >= 15 is 0 Å². The van der Waals surface area contributed by atoms with E-state index in [2.05, 4.69) is 39.6 Å². The second-order valence-corrected chi connectivity index (χ2v) is 7.43. The van der Waals surface area contributed by atoms with E-state index in [0.717, 1.165) is 31.2 Å². The summed E-state index contributed by atoms with van der Waals surface area (Å²) in [4.78, 5) is 9.10. The number of aliphatic imine (C=N–C) groups is 1. The van der Waals surface area contributed by atoms with Crippen LogP contribution in [0, 0.1) is 5.92 Å².